The predicted molar refractivity (Wildman–Crippen MR) is 138 cm³/mol. The maximum Gasteiger partial charge on any atom is 0.315 e. The van der Waals surface area contributed by atoms with Gasteiger partial charge in [0.15, 0.2) is 5.82 Å². The lowest BCUT2D eigenvalue weighted by Gasteiger charge is -2.35. The second-order valence-electron chi connectivity index (χ2n) is 9.28. The van der Waals surface area contributed by atoms with Gasteiger partial charge in [-0.25, -0.2) is 9.97 Å². The van der Waals surface area contributed by atoms with Gasteiger partial charge in [-0.05, 0) is 18.2 Å². The van der Waals surface area contributed by atoms with Gasteiger partial charge >= 0.3 is 6.43 Å². The number of fused-ring (bicyclic) bond motifs is 1. The Balaban J connectivity index is 1.31. The Labute approximate surface area is 218 Å². The number of rotatable bonds is 6. The van der Waals surface area contributed by atoms with E-state index in [1.54, 1.807) is 19.3 Å². The minimum atomic E-state index is -3.03. The summed E-state index contributed by atoms with van der Waals surface area (Å²) in [4.78, 5) is 42.2. The molecule has 2 aliphatic heterocycles. The summed E-state index contributed by atoms with van der Waals surface area (Å²) in [5.41, 5.74) is 3.91. The molecule has 2 amide bonds. The maximum absolute atomic E-state index is 12.9. The fraction of sp³-hybridized carbons (Fsp3) is 0.423. The molecule has 1 atom stereocenters. The number of nitrogens with one attached hydrogen (secondary N) is 1. The monoisotopic (exact) mass is 525 g/mol. The molecule has 1 unspecified atom stereocenters. The molecule has 0 aliphatic carbocycles. The van der Waals surface area contributed by atoms with Crippen molar-refractivity contribution in [3.8, 4) is 11.3 Å². The number of nitrogens with zero attached hydrogens (tertiary/aromatic N) is 6. The Kier molecular flexibility index (Phi) is 7.59. The normalized spacial score (nSPS) is 18.2. The molecule has 2 aliphatic rings. The molecule has 2 aromatic heterocycles. The van der Waals surface area contributed by atoms with Crippen LogP contribution in [0.25, 0.3) is 22.3 Å². The lowest BCUT2D eigenvalue weighted by atomic mass is 10.1. The summed E-state index contributed by atoms with van der Waals surface area (Å²) in [5.74, 6) is -0.584. The van der Waals surface area contributed by atoms with Crippen molar-refractivity contribution in [3.63, 3.8) is 0 Å². The summed E-state index contributed by atoms with van der Waals surface area (Å²) in [6.45, 7) is 5.23. The van der Waals surface area contributed by atoms with Crippen LogP contribution in [-0.2, 0) is 14.3 Å². The number of carbonyl (C=O) groups is 2. The molecule has 1 aromatic carbocycles. The molecule has 1 N–H and O–H groups in total. The van der Waals surface area contributed by atoms with Crippen molar-refractivity contribution in [3.05, 3.63) is 42.7 Å². The van der Waals surface area contributed by atoms with E-state index in [-0.39, 0.29) is 32.1 Å². The molecular weight excluding hydrogens is 496 g/mol. The van der Waals surface area contributed by atoms with Crippen molar-refractivity contribution in [2.75, 3.05) is 62.6 Å². The minimum absolute atomic E-state index is 0.0710. The van der Waals surface area contributed by atoms with E-state index in [4.69, 9.17) is 9.72 Å². The van der Waals surface area contributed by atoms with E-state index in [1.165, 1.54) is 0 Å². The van der Waals surface area contributed by atoms with Crippen LogP contribution in [0.5, 0.6) is 0 Å². The minimum Gasteiger partial charge on any atom is -0.373 e. The van der Waals surface area contributed by atoms with Crippen LogP contribution in [-0.4, -0.2) is 102 Å². The SMILES string of the molecule is CC(=O)N1CCN(c2ccc(-c3cc4nccnc4c(NCC4CN(C(=O)C(F)F)CCO4)n3)cc2)CC1. The molecule has 200 valence electrons. The molecule has 2 fully saturated rings. The number of alkyl halides is 2. The van der Waals surface area contributed by atoms with E-state index in [2.05, 4.69) is 20.2 Å². The number of hydrogen-bond donors (Lipinski definition) is 1. The molecule has 4 heterocycles. The first-order chi connectivity index (χ1) is 18.4. The number of ether oxygens (including phenoxy) is 1. The Morgan fingerprint density at radius 3 is 2.50 bits per heavy atom. The Morgan fingerprint density at radius 2 is 1.79 bits per heavy atom. The van der Waals surface area contributed by atoms with Crippen LogP contribution in [0.1, 0.15) is 6.92 Å². The number of halogens is 2. The molecule has 10 nitrogen and oxygen atoms in total. The number of piperazine rings is 1. The van der Waals surface area contributed by atoms with Gasteiger partial charge in [0.1, 0.15) is 5.52 Å². The zero-order valence-corrected chi connectivity index (χ0v) is 21.0. The number of benzene rings is 1. The topological polar surface area (TPSA) is 104 Å². The highest BCUT2D eigenvalue weighted by Crippen LogP contribution is 2.28. The highest BCUT2D eigenvalue weighted by atomic mass is 19.3. The van der Waals surface area contributed by atoms with E-state index in [1.807, 2.05) is 35.2 Å². The number of pyridine rings is 1. The smallest absolute Gasteiger partial charge is 0.315 e. The molecule has 5 rings (SSSR count). The van der Waals surface area contributed by atoms with E-state index in [0.717, 1.165) is 29.2 Å². The van der Waals surface area contributed by atoms with Crippen LogP contribution in [0, 0.1) is 0 Å². The van der Waals surface area contributed by atoms with Crippen molar-refractivity contribution < 1.29 is 23.1 Å². The van der Waals surface area contributed by atoms with E-state index >= 15 is 0 Å². The second-order valence-corrected chi connectivity index (χ2v) is 9.28. The molecule has 0 saturated carbocycles. The molecule has 38 heavy (non-hydrogen) atoms. The Bertz CT molecular complexity index is 1300. The van der Waals surface area contributed by atoms with Crippen LogP contribution in [0.3, 0.4) is 0 Å². The average Bonchev–Trinajstić information content (AvgIpc) is 2.95. The summed E-state index contributed by atoms with van der Waals surface area (Å²) >= 11 is 0. The first-order valence-electron chi connectivity index (χ1n) is 12.5. The summed E-state index contributed by atoms with van der Waals surface area (Å²) in [5, 5.41) is 3.23. The highest BCUT2D eigenvalue weighted by Gasteiger charge is 2.29. The van der Waals surface area contributed by atoms with Gasteiger partial charge in [-0.15, -0.1) is 0 Å². The van der Waals surface area contributed by atoms with Gasteiger partial charge in [-0.3, -0.25) is 14.6 Å². The molecule has 0 radical (unpaired) electrons. The van der Waals surface area contributed by atoms with E-state index in [9.17, 15) is 18.4 Å². The maximum atomic E-state index is 12.9. The molecule has 12 heteroatoms. The zero-order valence-electron chi connectivity index (χ0n) is 21.0. The number of morpholine rings is 1. The van der Waals surface area contributed by atoms with Crippen LogP contribution in [0.15, 0.2) is 42.7 Å². The van der Waals surface area contributed by atoms with Crippen LogP contribution >= 0.6 is 0 Å². The summed E-state index contributed by atoms with van der Waals surface area (Å²) in [6, 6.07) is 9.95. The summed E-state index contributed by atoms with van der Waals surface area (Å²) in [6.07, 6.45) is -0.310. The van der Waals surface area contributed by atoms with Gasteiger partial charge in [-0.2, -0.15) is 8.78 Å². The van der Waals surface area contributed by atoms with Gasteiger partial charge < -0.3 is 24.8 Å². The van der Waals surface area contributed by atoms with Gasteiger partial charge in [0.05, 0.1) is 23.9 Å². The largest absolute Gasteiger partial charge is 0.373 e. The average molecular weight is 526 g/mol. The third-order valence-electron chi connectivity index (χ3n) is 6.84. The first-order valence-corrected chi connectivity index (χ1v) is 12.5. The molecule has 0 spiro atoms. The van der Waals surface area contributed by atoms with Crippen LogP contribution in [0.2, 0.25) is 0 Å². The van der Waals surface area contributed by atoms with E-state index < -0.39 is 18.4 Å². The standard InChI is InChI=1S/C26H29F2N7O3/c1-17(36)33-8-10-34(11-9-33)19-4-2-18(3-5-19)21-14-22-23(30-7-6-29-22)25(32-21)31-15-20-16-35(12-13-38-20)26(37)24(27)28/h2-7,14,20,24H,8-13,15-16H2,1H3,(H,31,32). The molecule has 2 saturated heterocycles. The number of amides is 2. The number of hydrogen-bond acceptors (Lipinski definition) is 8. The third kappa shape index (κ3) is 5.64. The van der Waals surface area contributed by atoms with Crippen molar-refractivity contribution in [2.24, 2.45) is 0 Å². The summed E-state index contributed by atoms with van der Waals surface area (Å²) < 4.78 is 31.4. The summed E-state index contributed by atoms with van der Waals surface area (Å²) in [7, 11) is 0. The van der Waals surface area contributed by atoms with Gasteiger partial charge in [0.2, 0.25) is 5.91 Å². The predicted octanol–water partition coefficient (Wildman–Crippen LogP) is 2.26. The van der Waals surface area contributed by atoms with Gasteiger partial charge in [0.25, 0.3) is 5.91 Å². The van der Waals surface area contributed by atoms with Gasteiger partial charge in [-0.1, -0.05) is 12.1 Å². The number of aromatic nitrogens is 3. The lowest BCUT2D eigenvalue weighted by Crippen LogP contribution is -2.49. The lowest BCUT2D eigenvalue weighted by molar-refractivity contribution is -0.149. The quantitative estimate of drug-likeness (QED) is 0.523. The van der Waals surface area contributed by atoms with Gasteiger partial charge in [0, 0.05) is 76.4 Å². The first kappa shape index (κ1) is 25.7. The Hall–Kier alpha value is -3.93. The van der Waals surface area contributed by atoms with Crippen molar-refractivity contribution in [2.45, 2.75) is 19.5 Å². The molecular formula is C26H29F2N7O3. The zero-order chi connectivity index (χ0) is 26.6. The number of carbonyl (C=O) groups excluding carboxylic acids is 2. The Morgan fingerprint density at radius 1 is 1.05 bits per heavy atom. The molecule has 0 bridgehead atoms. The number of anilines is 2. The van der Waals surface area contributed by atoms with Crippen molar-refractivity contribution in [1.29, 1.82) is 0 Å². The highest BCUT2D eigenvalue weighted by molar-refractivity contribution is 5.88. The van der Waals surface area contributed by atoms with E-state index in [0.29, 0.717) is 35.6 Å². The van der Waals surface area contributed by atoms with Crippen molar-refractivity contribution in [1.82, 2.24) is 24.8 Å². The van der Waals surface area contributed by atoms with Crippen LogP contribution in [0.4, 0.5) is 20.3 Å². The fourth-order valence-electron chi connectivity index (χ4n) is 4.76. The molecule has 3 aromatic rings. The van der Waals surface area contributed by atoms with Crippen LogP contribution < -0.4 is 10.2 Å². The third-order valence-corrected chi connectivity index (χ3v) is 6.84. The van der Waals surface area contributed by atoms with Crippen molar-refractivity contribution >= 4 is 34.4 Å². The fourth-order valence-corrected chi connectivity index (χ4v) is 4.76. The second kappa shape index (κ2) is 11.2.